The molecule has 4 rings (SSSR count). The van der Waals surface area contributed by atoms with E-state index >= 15 is 0 Å². The van der Waals surface area contributed by atoms with Crippen LogP contribution in [0.5, 0.6) is 5.75 Å². The van der Waals surface area contributed by atoms with E-state index < -0.39 is 6.10 Å². The Bertz CT molecular complexity index is 1250. The highest BCUT2D eigenvalue weighted by Gasteiger charge is 2.28. The van der Waals surface area contributed by atoms with Gasteiger partial charge in [-0.25, -0.2) is 4.39 Å². The highest BCUT2D eigenvalue weighted by atomic mass is 19.1. The Balaban J connectivity index is 1.48. The van der Waals surface area contributed by atoms with Crippen LogP contribution in [0.4, 0.5) is 10.1 Å². The van der Waals surface area contributed by atoms with E-state index in [2.05, 4.69) is 27.0 Å². The first-order valence-corrected chi connectivity index (χ1v) is 12.1. The molecule has 1 N–H and O–H groups in total. The molecule has 2 atom stereocenters. The molecule has 3 aromatic rings. The van der Waals surface area contributed by atoms with Gasteiger partial charge in [-0.05, 0) is 67.4 Å². The van der Waals surface area contributed by atoms with Gasteiger partial charge in [-0.15, -0.1) is 0 Å². The van der Waals surface area contributed by atoms with E-state index in [4.69, 9.17) is 4.74 Å². The number of amides is 2. The van der Waals surface area contributed by atoms with E-state index in [1.54, 1.807) is 48.2 Å². The Kier molecular flexibility index (Phi) is 8.25. The summed E-state index contributed by atoms with van der Waals surface area (Å²) < 4.78 is 20.8. The number of halogens is 1. The molecule has 1 saturated heterocycles. The number of ether oxygens (including phenoxy) is 1. The maximum absolute atomic E-state index is 14.4. The molecule has 2 aromatic carbocycles. The summed E-state index contributed by atoms with van der Waals surface area (Å²) in [5, 5.41) is 10.2. The van der Waals surface area contributed by atoms with Gasteiger partial charge in [0.15, 0.2) is 0 Å². The quantitative estimate of drug-likeness (QED) is 0.468. The molecular weight excluding hydrogens is 473 g/mol. The fraction of sp³-hybridized carbons (Fsp3) is 0.286. The number of anilines is 1. The minimum Gasteiger partial charge on any atom is -0.484 e. The molecule has 2 amide bonds. The molecule has 1 aromatic heterocycles. The molecular formula is C28H30FN5O3. The lowest BCUT2D eigenvalue weighted by Gasteiger charge is -2.40. The molecule has 0 saturated carbocycles. The summed E-state index contributed by atoms with van der Waals surface area (Å²) in [5.41, 5.74) is 2.28. The number of benzene rings is 2. The van der Waals surface area contributed by atoms with Gasteiger partial charge in [0.25, 0.3) is 5.91 Å². The molecule has 37 heavy (non-hydrogen) atoms. The van der Waals surface area contributed by atoms with Gasteiger partial charge in [-0.2, -0.15) is 10.2 Å². The van der Waals surface area contributed by atoms with Crippen LogP contribution >= 0.6 is 0 Å². The standard InChI is InChI=1S/C28H30FN5O3/c1-4-27(35)34-14-13-33(17-20(34)3)18-26(22-6-5-19(2)25(29)15-22)37-24-9-7-21(8-10-24)28(36)32-23-11-12-30-31-16-23/h4-12,15-16,20,26H,1,13-14,17-18H2,2-3H3,(H,30,32,36)/t20-,26+/m1/s1. The molecule has 1 fully saturated rings. The van der Waals surface area contributed by atoms with Crippen LogP contribution < -0.4 is 10.1 Å². The predicted molar refractivity (Wildman–Crippen MR) is 139 cm³/mol. The van der Waals surface area contributed by atoms with E-state index in [0.29, 0.717) is 54.3 Å². The van der Waals surface area contributed by atoms with Crippen molar-refractivity contribution in [3.05, 3.63) is 96.1 Å². The first-order chi connectivity index (χ1) is 17.8. The van der Waals surface area contributed by atoms with E-state index in [1.807, 2.05) is 13.0 Å². The number of aryl methyl sites for hydroxylation is 1. The monoisotopic (exact) mass is 503 g/mol. The zero-order valence-electron chi connectivity index (χ0n) is 20.9. The Labute approximate surface area is 215 Å². The lowest BCUT2D eigenvalue weighted by molar-refractivity contribution is -0.130. The third kappa shape index (κ3) is 6.56. The van der Waals surface area contributed by atoms with Crippen molar-refractivity contribution in [2.24, 2.45) is 0 Å². The molecule has 9 heteroatoms. The molecule has 2 heterocycles. The van der Waals surface area contributed by atoms with Crippen LogP contribution in [-0.2, 0) is 4.79 Å². The van der Waals surface area contributed by atoms with Gasteiger partial charge in [-0.3, -0.25) is 14.5 Å². The summed E-state index contributed by atoms with van der Waals surface area (Å²) in [7, 11) is 0. The number of nitrogens with one attached hydrogen (secondary N) is 1. The van der Waals surface area contributed by atoms with Gasteiger partial charge in [0, 0.05) is 37.8 Å². The number of hydrogen-bond donors (Lipinski definition) is 1. The van der Waals surface area contributed by atoms with Crippen LogP contribution in [0.2, 0.25) is 0 Å². The maximum Gasteiger partial charge on any atom is 0.255 e. The molecule has 1 aliphatic heterocycles. The van der Waals surface area contributed by atoms with Crippen molar-refractivity contribution in [2.75, 3.05) is 31.5 Å². The second-order valence-corrected chi connectivity index (χ2v) is 9.07. The summed E-state index contributed by atoms with van der Waals surface area (Å²) in [6.45, 7) is 9.73. The van der Waals surface area contributed by atoms with E-state index in [9.17, 15) is 14.0 Å². The molecule has 0 unspecified atom stereocenters. The van der Waals surface area contributed by atoms with Crippen molar-refractivity contribution in [3.8, 4) is 5.75 Å². The molecule has 0 bridgehead atoms. The van der Waals surface area contributed by atoms with E-state index in [0.717, 1.165) is 0 Å². The second kappa shape index (κ2) is 11.7. The summed E-state index contributed by atoms with van der Waals surface area (Å²) in [6, 6.07) is 13.6. The summed E-state index contributed by atoms with van der Waals surface area (Å²) in [6.07, 6.45) is 3.85. The van der Waals surface area contributed by atoms with Crippen molar-refractivity contribution in [1.82, 2.24) is 20.0 Å². The first kappa shape index (κ1) is 26.0. The van der Waals surface area contributed by atoms with Gasteiger partial charge in [0.1, 0.15) is 17.7 Å². The van der Waals surface area contributed by atoms with Gasteiger partial charge >= 0.3 is 0 Å². The number of aromatic nitrogens is 2. The molecule has 8 nitrogen and oxygen atoms in total. The Morgan fingerprint density at radius 1 is 1.19 bits per heavy atom. The fourth-order valence-electron chi connectivity index (χ4n) is 4.32. The minimum atomic E-state index is -0.452. The smallest absolute Gasteiger partial charge is 0.255 e. The van der Waals surface area contributed by atoms with Gasteiger partial charge < -0.3 is 15.0 Å². The number of hydrogen-bond acceptors (Lipinski definition) is 6. The molecule has 0 aliphatic carbocycles. The third-order valence-electron chi connectivity index (χ3n) is 6.40. The van der Waals surface area contributed by atoms with Gasteiger partial charge in [0.2, 0.25) is 5.91 Å². The average Bonchev–Trinajstić information content (AvgIpc) is 2.90. The SMILES string of the molecule is C=CC(=O)N1CCN(C[C@H](Oc2ccc(C(=O)Nc3ccnnc3)cc2)c2ccc(C)c(F)c2)C[C@H]1C. The maximum atomic E-state index is 14.4. The Morgan fingerprint density at radius 2 is 1.97 bits per heavy atom. The van der Waals surface area contributed by atoms with E-state index in [1.165, 1.54) is 24.5 Å². The highest BCUT2D eigenvalue weighted by molar-refractivity contribution is 6.04. The van der Waals surface area contributed by atoms with Crippen LogP contribution in [-0.4, -0.2) is 64.0 Å². The zero-order chi connectivity index (χ0) is 26.4. The minimum absolute atomic E-state index is 0.0167. The van der Waals surface area contributed by atoms with Crippen molar-refractivity contribution in [1.29, 1.82) is 0 Å². The normalized spacial score (nSPS) is 16.6. The van der Waals surface area contributed by atoms with Crippen molar-refractivity contribution < 1.29 is 18.7 Å². The van der Waals surface area contributed by atoms with Gasteiger partial charge in [0.05, 0.1) is 18.1 Å². The zero-order valence-corrected chi connectivity index (χ0v) is 20.9. The largest absolute Gasteiger partial charge is 0.484 e. The summed E-state index contributed by atoms with van der Waals surface area (Å²) in [5.74, 6) is -0.0948. The number of nitrogens with zero attached hydrogens (tertiary/aromatic N) is 4. The van der Waals surface area contributed by atoms with Crippen molar-refractivity contribution in [2.45, 2.75) is 26.0 Å². The lowest BCUT2D eigenvalue weighted by Crippen LogP contribution is -2.54. The van der Waals surface area contributed by atoms with Gasteiger partial charge in [-0.1, -0.05) is 18.7 Å². The highest BCUT2D eigenvalue weighted by Crippen LogP contribution is 2.26. The average molecular weight is 504 g/mol. The molecule has 1 aliphatic rings. The number of piperazine rings is 1. The van der Waals surface area contributed by atoms with E-state index in [-0.39, 0.29) is 23.7 Å². The fourth-order valence-corrected chi connectivity index (χ4v) is 4.32. The number of carbonyl (C=O) groups excluding carboxylic acids is 2. The van der Waals surface area contributed by atoms with Crippen LogP contribution in [0.25, 0.3) is 0 Å². The van der Waals surface area contributed by atoms with Crippen LogP contribution in [0.15, 0.2) is 73.6 Å². The third-order valence-corrected chi connectivity index (χ3v) is 6.40. The summed E-state index contributed by atoms with van der Waals surface area (Å²) >= 11 is 0. The first-order valence-electron chi connectivity index (χ1n) is 12.1. The van der Waals surface area contributed by atoms with Crippen molar-refractivity contribution in [3.63, 3.8) is 0 Å². The van der Waals surface area contributed by atoms with Crippen LogP contribution in [0, 0.1) is 12.7 Å². The predicted octanol–water partition coefficient (Wildman–Crippen LogP) is 4.02. The van der Waals surface area contributed by atoms with Crippen LogP contribution in [0.3, 0.4) is 0 Å². The second-order valence-electron chi connectivity index (χ2n) is 9.07. The Morgan fingerprint density at radius 3 is 2.62 bits per heavy atom. The summed E-state index contributed by atoms with van der Waals surface area (Å²) in [4.78, 5) is 28.7. The molecule has 0 spiro atoms. The lowest BCUT2D eigenvalue weighted by atomic mass is 10.0. The number of carbonyl (C=O) groups is 2. The molecule has 192 valence electrons. The topological polar surface area (TPSA) is 87.7 Å². The van der Waals surface area contributed by atoms with Crippen molar-refractivity contribution >= 4 is 17.5 Å². The van der Waals surface area contributed by atoms with Crippen LogP contribution in [0.1, 0.15) is 34.5 Å². The molecule has 0 radical (unpaired) electrons. The Hall–Kier alpha value is -4.11. The number of rotatable bonds is 8.